The molecule has 1 heterocycles. The van der Waals surface area contributed by atoms with Crippen LogP contribution in [0.3, 0.4) is 0 Å². The molecule has 3 nitrogen and oxygen atoms in total. The summed E-state index contributed by atoms with van der Waals surface area (Å²) >= 11 is 0. The molecule has 0 fully saturated rings. The van der Waals surface area contributed by atoms with Gasteiger partial charge in [0.2, 0.25) is 0 Å². The molecule has 0 saturated heterocycles. The van der Waals surface area contributed by atoms with Crippen LogP contribution in [0.15, 0.2) is 57.5 Å². The average Bonchev–Trinajstić information content (AvgIpc) is 3.18. The van der Waals surface area contributed by atoms with Gasteiger partial charge < -0.3 is 9.52 Å². The first-order valence-corrected chi connectivity index (χ1v) is 10.5. The fraction of sp³-hybridized carbons (Fsp3) is 0.560. The van der Waals surface area contributed by atoms with Crippen LogP contribution in [0.25, 0.3) is 0 Å². The van der Waals surface area contributed by atoms with E-state index in [2.05, 4.69) is 33.8 Å². The topological polar surface area (TPSA) is 50.4 Å². The van der Waals surface area contributed by atoms with E-state index in [1.165, 1.54) is 31.1 Å². The van der Waals surface area contributed by atoms with Crippen molar-refractivity contribution in [3.05, 3.63) is 58.6 Å². The lowest BCUT2D eigenvalue weighted by molar-refractivity contribution is -0.105. The summed E-state index contributed by atoms with van der Waals surface area (Å²) in [7, 11) is 0. The highest BCUT2D eigenvalue weighted by atomic mass is 16.3. The number of hydrogen-bond donors (Lipinski definition) is 1. The zero-order valence-electron chi connectivity index (χ0n) is 18.0. The van der Waals surface area contributed by atoms with Crippen molar-refractivity contribution < 1.29 is 14.3 Å². The van der Waals surface area contributed by atoms with Crippen LogP contribution in [-0.4, -0.2) is 11.4 Å². The molecule has 1 aromatic rings. The van der Waals surface area contributed by atoms with Gasteiger partial charge in [-0.05, 0) is 82.3 Å². The molecule has 0 amide bonds. The standard InChI is InChI=1S/C25H36O3/c1-19(10-12-23-20(2)8-6-15-25(23,3)4)7-5-9-21(17-26)11-13-24(27)22-14-16-28-18-22/h7,11,14,16-18,24,27H,5-6,8-10,12-13,15H2,1-4H3/b19-7+,21-11+. The van der Waals surface area contributed by atoms with Crippen LogP contribution >= 0.6 is 0 Å². The highest BCUT2D eigenvalue weighted by molar-refractivity contribution is 5.73. The monoisotopic (exact) mass is 384 g/mol. The quantitative estimate of drug-likeness (QED) is 0.272. The Morgan fingerprint density at radius 1 is 1.32 bits per heavy atom. The second kappa shape index (κ2) is 10.6. The van der Waals surface area contributed by atoms with E-state index in [4.69, 9.17) is 4.42 Å². The van der Waals surface area contributed by atoms with Crippen molar-refractivity contribution in [3.63, 3.8) is 0 Å². The summed E-state index contributed by atoms with van der Waals surface area (Å²) in [6.07, 6.45) is 15.6. The van der Waals surface area contributed by atoms with Crippen LogP contribution in [0.5, 0.6) is 0 Å². The van der Waals surface area contributed by atoms with Gasteiger partial charge in [0.25, 0.3) is 0 Å². The third-order valence-electron chi connectivity index (χ3n) is 6.06. The van der Waals surface area contributed by atoms with E-state index in [-0.39, 0.29) is 0 Å². The summed E-state index contributed by atoms with van der Waals surface area (Å²) in [6, 6.07) is 1.75. The molecule has 28 heavy (non-hydrogen) atoms. The van der Waals surface area contributed by atoms with Crippen LogP contribution in [0.2, 0.25) is 0 Å². The van der Waals surface area contributed by atoms with Crippen LogP contribution in [-0.2, 0) is 4.79 Å². The minimum Gasteiger partial charge on any atom is -0.472 e. The van der Waals surface area contributed by atoms with E-state index in [1.807, 2.05) is 6.08 Å². The fourth-order valence-electron chi connectivity index (χ4n) is 4.21. The maximum absolute atomic E-state index is 11.3. The fourth-order valence-corrected chi connectivity index (χ4v) is 4.21. The zero-order chi connectivity index (χ0) is 20.6. The molecule has 2 rings (SSSR count). The van der Waals surface area contributed by atoms with Crippen molar-refractivity contribution in [1.29, 1.82) is 0 Å². The molecule has 1 aliphatic carbocycles. The molecule has 1 N–H and O–H groups in total. The molecular weight excluding hydrogens is 348 g/mol. The first-order chi connectivity index (χ1) is 13.3. The van der Waals surface area contributed by atoms with E-state index < -0.39 is 6.10 Å². The Bertz CT molecular complexity index is 717. The number of carbonyl (C=O) groups excluding carboxylic acids is 1. The van der Waals surface area contributed by atoms with E-state index in [0.717, 1.165) is 36.7 Å². The van der Waals surface area contributed by atoms with Gasteiger partial charge in [0.05, 0.1) is 18.6 Å². The normalized spacial score (nSPS) is 19.0. The molecule has 0 saturated carbocycles. The number of rotatable bonds is 10. The van der Waals surface area contributed by atoms with E-state index in [0.29, 0.717) is 18.3 Å². The van der Waals surface area contributed by atoms with Gasteiger partial charge in [0, 0.05) is 5.56 Å². The first-order valence-electron chi connectivity index (χ1n) is 10.5. The number of allylic oxidation sites excluding steroid dienone is 5. The molecule has 3 heteroatoms. The van der Waals surface area contributed by atoms with Crippen LogP contribution in [0.4, 0.5) is 0 Å². The van der Waals surface area contributed by atoms with Gasteiger partial charge in [-0.15, -0.1) is 0 Å². The number of hydrogen-bond acceptors (Lipinski definition) is 3. The van der Waals surface area contributed by atoms with Crippen LogP contribution in [0, 0.1) is 5.41 Å². The van der Waals surface area contributed by atoms with Gasteiger partial charge in [-0.3, -0.25) is 4.79 Å². The lowest BCUT2D eigenvalue weighted by Gasteiger charge is -2.35. The van der Waals surface area contributed by atoms with E-state index in [1.54, 1.807) is 23.5 Å². The predicted octanol–water partition coefficient (Wildman–Crippen LogP) is 6.86. The Kier molecular flexibility index (Phi) is 8.50. The molecule has 1 aromatic heterocycles. The highest BCUT2D eigenvalue weighted by Gasteiger charge is 2.27. The maximum Gasteiger partial charge on any atom is 0.145 e. The molecule has 0 aromatic carbocycles. The lowest BCUT2D eigenvalue weighted by Crippen LogP contribution is -2.20. The largest absolute Gasteiger partial charge is 0.472 e. The number of furan rings is 1. The molecule has 1 atom stereocenters. The van der Waals surface area contributed by atoms with Crippen molar-refractivity contribution in [2.45, 2.75) is 85.2 Å². The molecule has 1 unspecified atom stereocenters. The van der Waals surface area contributed by atoms with Crippen molar-refractivity contribution in [3.8, 4) is 0 Å². The molecule has 0 radical (unpaired) electrons. The minimum absolute atomic E-state index is 0.339. The Hall–Kier alpha value is -1.87. The van der Waals surface area contributed by atoms with Gasteiger partial charge in [-0.1, -0.05) is 42.7 Å². The summed E-state index contributed by atoms with van der Waals surface area (Å²) in [6.45, 7) is 9.25. The summed E-state index contributed by atoms with van der Waals surface area (Å²) < 4.78 is 4.98. The maximum atomic E-state index is 11.3. The summed E-state index contributed by atoms with van der Waals surface area (Å²) in [5.41, 5.74) is 6.46. The second-order valence-electron chi connectivity index (χ2n) is 8.79. The van der Waals surface area contributed by atoms with E-state index >= 15 is 0 Å². The van der Waals surface area contributed by atoms with Crippen molar-refractivity contribution in [2.75, 3.05) is 0 Å². The van der Waals surface area contributed by atoms with Gasteiger partial charge in [0.15, 0.2) is 0 Å². The average molecular weight is 385 g/mol. The van der Waals surface area contributed by atoms with E-state index in [9.17, 15) is 9.90 Å². The van der Waals surface area contributed by atoms with Crippen molar-refractivity contribution in [2.24, 2.45) is 5.41 Å². The molecule has 1 aliphatic rings. The summed E-state index contributed by atoms with van der Waals surface area (Å²) in [5, 5.41) is 10.1. The second-order valence-corrected chi connectivity index (χ2v) is 8.79. The zero-order valence-corrected chi connectivity index (χ0v) is 18.0. The Labute approximate surface area is 170 Å². The Morgan fingerprint density at radius 3 is 2.75 bits per heavy atom. The molecule has 0 aliphatic heterocycles. The van der Waals surface area contributed by atoms with Gasteiger partial charge in [-0.2, -0.15) is 0 Å². The third kappa shape index (κ3) is 6.63. The summed E-state index contributed by atoms with van der Waals surface area (Å²) in [4.78, 5) is 11.3. The molecular formula is C25H36O3. The molecule has 0 bridgehead atoms. The number of carbonyl (C=O) groups is 1. The van der Waals surface area contributed by atoms with Gasteiger partial charge >= 0.3 is 0 Å². The summed E-state index contributed by atoms with van der Waals surface area (Å²) in [5.74, 6) is 0. The highest BCUT2D eigenvalue weighted by Crippen LogP contribution is 2.42. The van der Waals surface area contributed by atoms with Gasteiger partial charge in [-0.25, -0.2) is 0 Å². The third-order valence-corrected chi connectivity index (χ3v) is 6.06. The minimum atomic E-state index is -0.624. The molecule has 0 spiro atoms. The van der Waals surface area contributed by atoms with Gasteiger partial charge in [0.1, 0.15) is 6.29 Å². The smallest absolute Gasteiger partial charge is 0.145 e. The number of aliphatic hydroxyl groups is 1. The number of aldehydes is 1. The van der Waals surface area contributed by atoms with Crippen LogP contribution in [0.1, 0.15) is 90.7 Å². The SMILES string of the molecule is CC1=C(CC/C(C)=C/CC/C(C=O)=C\CC(O)c2ccoc2)C(C)(C)CCC1. The Morgan fingerprint density at radius 2 is 2.11 bits per heavy atom. The molecule has 154 valence electrons. The Balaban J connectivity index is 1.81. The number of aliphatic hydroxyl groups excluding tert-OH is 1. The predicted molar refractivity (Wildman–Crippen MR) is 115 cm³/mol. The lowest BCUT2D eigenvalue weighted by atomic mass is 9.71. The van der Waals surface area contributed by atoms with Crippen LogP contribution < -0.4 is 0 Å². The van der Waals surface area contributed by atoms with Crippen molar-refractivity contribution >= 4 is 6.29 Å². The van der Waals surface area contributed by atoms with Crippen molar-refractivity contribution in [1.82, 2.24) is 0 Å². The first kappa shape index (κ1) is 22.4.